The van der Waals surface area contributed by atoms with Gasteiger partial charge in [0.05, 0.1) is 0 Å². The van der Waals surface area contributed by atoms with Crippen LogP contribution in [0.1, 0.15) is 97.6 Å². The third-order valence-corrected chi connectivity index (χ3v) is 13.6. The number of aryl methyl sites for hydroxylation is 1. The predicted molar refractivity (Wildman–Crippen MR) is 198 cm³/mol. The molecule has 1 fully saturated rings. The molecule has 1 aliphatic heterocycles. The molecule has 274 valence electrons. The van der Waals surface area contributed by atoms with Gasteiger partial charge in [-0.15, -0.1) is 0 Å². The van der Waals surface area contributed by atoms with E-state index in [-0.39, 0.29) is 59.4 Å². The first-order chi connectivity index (χ1) is 23.0. The SMILES string of the molecule is CC[C@H](C)[C@H](CC(=O)C1CCCCN1C)C(=O)N(C)[C@H](C[C@@H](C)[C](=[W])SC=CC(=O)N[C@@H](Cc1ccc(C)cc1)C[C@H](C)C(=O)O)C(C)C. The van der Waals surface area contributed by atoms with Crippen LogP contribution in [0.5, 0.6) is 0 Å². The van der Waals surface area contributed by atoms with E-state index < -0.39 is 11.9 Å². The number of hydrogen-bond donors (Lipinski definition) is 2. The maximum atomic E-state index is 14.1. The molecule has 1 unspecified atom stereocenters. The number of aliphatic carboxylic acids is 1. The number of carboxylic acids is 1. The molecule has 0 aromatic heterocycles. The summed E-state index contributed by atoms with van der Waals surface area (Å²) >= 11 is 2.86. The number of ketones is 1. The summed E-state index contributed by atoms with van der Waals surface area (Å²) in [7, 11) is 3.93. The quantitative estimate of drug-likeness (QED) is 0.141. The fourth-order valence-corrected chi connectivity index (χ4v) is 8.27. The van der Waals surface area contributed by atoms with Crippen LogP contribution in [0.3, 0.4) is 0 Å². The van der Waals surface area contributed by atoms with Gasteiger partial charge in [-0.2, -0.15) is 0 Å². The Balaban J connectivity index is 2.03. The average Bonchev–Trinajstić information content (AvgIpc) is 3.05. The Morgan fingerprint density at radius 2 is 1.71 bits per heavy atom. The van der Waals surface area contributed by atoms with Gasteiger partial charge in [0, 0.05) is 0 Å². The molecule has 0 bridgehead atoms. The molecule has 0 saturated carbocycles. The molecule has 2 rings (SSSR count). The van der Waals surface area contributed by atoms with E-state index >= 15 is 0 Å². The van der Waals surface area contributed by atoms with Crippen LogP contribution < -0.4 is 5.32 Å². The number of amides is 2. The average molecular weight is 868 g/mol. The van der Waals surface area contributed by atoms with Gasteiger partial charge >= 0.3 is 299 Å². The number of Topliss-reactive ketones (excluding diaryl/α,β-unsaturated/α-hetero) is 1. The molecule has 2 N–H and O–H groups in total. The molecule has 1 aromatic rings. The van der Waals surface area contributed by atoms with Gasteiger partial charge in [-0.05, 0) is 13.3 Å². The minimum absolute atomic E-state index is 0.0162. The zero-order valence-corrected chi connectivity index (χ0v) is 35.0. The van der Waals surface area contributed by atoms with E-state index in [0.29, 0.717) is 19.3 Å². The first kappa shape index (κ1) is 43.1. The fraction of sp³-hybridized carbons (Fsp3) is 0.667. The second-order valence-electron chi connectivity index (χ2n) is 14.7. The zero-order chi connectivity index (χ0) is 36.8. The van der Waals surface area contributed by atoms with Crippen molar-refractivity contribution in [2.45, 2.75) is 118 Å². The van der Waals surface area contributed by atoms with Crippen molar-refractivity contribution in [1.82, 2.24) is 15.1 Å². The van der Waals surface area contributed by atoms with Crippen LogP contribution in [0.25, 0.3) is 0 Å². The summed E-state index contributed by atoms with van der Waals surface area (Å²) in [6.07, 6.45) is 7.43. The van der Waals surface area contributed by atoms with Gasteiger partial charge < -0.3 is 0 Å². The molecule has 7 atom stereocenters. The number of carbonyl (C=O) groups excluding carboxylic acids is 3. The number of benzene rings is 1. The molecule has 1 aliphatic rings. The van der Waals surface area contributed by atoms with Crippen molar-refractivity contribution < 1.29 is 43.6 Å². The van der Waals surface area contributed by atoms with E-state index in [1.165, 1.54) is 28.7 Å². The molecule has 1 saturated heterocycles. The van der Waals surface area contributed by atoms with Gasteiger partial charge in [0.25, 0.3) is 0 Å². The molecule has 0 aliphatic carbocycles. The number of likely N-dealkylation sites (tertiary alicyclic amines) is 1. The van der Waals surface area contributed by atoms with Crippen LogP contribution in [0.15, 0.2) is 35.7 Å². The molecule has 8 nitrogen and oxygen atoms in total. The number of thioether (sulfide) groups is 1. The first-order valence-electron chi connectivity index (χ1n) is 18.0. The van der Waals surface area contributed by atoms with E-state index in [1.54, 1.807) is 18.7 Å². The number of nitrogens with zero attached hydrogens (tertiary/aromatic N) is 2. The predicted octanol–water partition coefficient (Wildman–Crippen LogP) is 6.67. The molecule has 0 radical (unpaired) electrons. The maximum absolute atomic E-state index is 14.1. The van der Waals surface area contributed by atoms with Crippen molar-refractivity contribution in [2.75, 3.05) is 20.6 Å². The number of hydrogen-bond acceptors (Lipinski definition) is 6. The minimum atomic E-state index is -0.875. The van der Waals surface area contributed by atoms with Gasteiger partial charge in [0.2, 0.25) is 0 Å². The van der Waals surface area contributed by atoms with Gasteiger partial charge in [0.15, 0.2) is 0 Å². The molecule has 1 aromatic carbocycles. The van der Waals surface area contributed by atoms with Gasteiger partial charge in [-0.1, -0.05) is 0 Å². The van der Waals surface area contributed by atoms with Crippen molar-refractivity contribution >= 4 is 38.6 Å². The number of carboxylic acid groups (broad SMARTS) is 1. The summed E-state index contributed by atoms with van der Waals surface area (Å²) in [4.78, 5) is 56.1. The molecular weight excluding hydrogens is 806 g/mol. The summed E-state index contributed by atoms with van der Waals surface area (Å²) in [6, 6.07) is 7.71. The number of rotatable bonds is 20. The van der Waals surface area contributed by atoms with E-state index in [0.717, 1.165) is 49.8 Å². The van der Waals surface area contributed by atoms with Crippen LogP contribution in [-0.4, -0.2) is 80.5 Å². The fourth-order valence-electron chi connectivity index (χ4n) is 6.67. The summed E-state index contributed by atoms with van der Waals surface area (Å²) in [6.45, 7) is 15.3. The number of piperidine rings is 1. The van der Waals surface area contributed by atoms with Crippen molar-refractivity contribution in [3.63, 3.8) is 0 Å². The van der Waals surface area contributed by atoms with Crippen LogP contribution in [0.2, 0.25) is 0 Å². The summed E-state index contributed by atoms with van der Waals surface area (Å²) in [5.41, 5.74) is 2.20. The van der Waals surface area contributed by atoms with E-state index in [4.69, 9.17) is 0 Å². The molecule has 1 heterocycles. The Labute approximate surface area is 311 Å². The van der Waals surface area contributed by atoms with E-state index in [1.807, 2.05) is 55.6 Å². The van der Waals surface area contributed by atoms with Crippen LogP contribution in [0, 0.1) is 36.5 Å². The van der Waals surface area contributed by atoms with Crippen LogP contribution in [-0.2, 0) is 45.0 Å². The third-order valence-electron chi connectivity index (χ3n) is 10.2. The Kier molecular flexibility index (Phi) is 18.7. The first-order valence-corrected chi connectivity index (χ1v) is 20.4. The van der Waals surface area contributed by atoms with Crippen LogP contribution >= 0.6 is 11.8 Å². The number of likely N-dealkylation sites (N-methyl/N-ethyl adjacent to an activating group) is 1. The second-order valence-corrected chi connectivity index (χ2v) is 18.2. The van der Waals surface area contributed by atoms with Gasteiger partial charge in [0.1, 0.15) is 0 Å². The zero-order valence-electron chi connectivity index (χ0n) is 31.2. The standard InChI is InChI=1S/C39H61N3O5S.W/c1-10-29(6)33(24-36(43)34-13-11-12-19-41(34)8)38(45)42(9)35(26(2)3)21-28(5)25-48-20-18-37(44)40-32(22-30(7)39(46)47)23-31-16-14-27(4)15-17-31;/h14-18,20,26,28-30,32-35H,10-13,19,21-24H2,1-9H3,(H,40,44)(H,46,47);/t28-,29+,30+,32-,33+,34?,35-;/m1./s1. The summed E-state index contributed by atoms with van der Waals surface area (Å²) in [5, 5.41) is 14.3. The summed E-state index contributed by atoms with van der Waals surface area (Å²) in [5.74, 6) is -1.19. The third kappa shape index (κ3) is 14.2. The van der Waals surface area contributed by atoms with Crippen molar-refractivity contribution in [3.05, 3.63) is 46.9 Å². The molecule has 2 amide bonds. The monoisotopic (exact) mass is 867 g/mol. The van der Waals surface area contributed by atoms with Crippen molar-refractivity contribution in [1.29, 1.82) is 0 Å². The topological polar surface area (TPSA) is 107 Å². The Hall–Kier alpha value is -2.09. The van der Waals surface area contributed by atoms with Crippen molar-refractivity contribution in [2.24, 2.45) is 29.6 Å². The van der Waals surface area contributed by atoms with Gasteiger partial charge in [-0.3, -0.25) is 0 Å². The Morgan fingerprint density at radius 3 is 2.29 bits per heavy atom. The molecule has 0 spiro atoms. The van der Waals surface area contributed by atoms with E-state index in [2.05, 4.69) is 44.8 Å². The second kappa shape index (κ2) is 21.3. The number of carbonyl (C=O) groups is 4. The van der Waals surface area contributed by atoms with Crippen molar-refractivity contribution in [3.8, 4) is 0 Å². The molecule has 10 heteroatoms. The molecule has 49 heavy (non-hydrogen) atoms. The van der Waals surface area contributed by atoms with Gasteiger partial charge in [-0.25, -0.2) is 0 Å². The molecular formula is C39H61N3O5SW. The summed E-state index contributed by atoms with van der Waals surface area (Å²) < 4.78 is 1.22. The Morgan fingerprint density at radius 1 is 1.06 bits per heavy atom. The number of nitrogens with one attached hydrogen (secondary N) is 1. The van der Waals surface area contributed by atoms with Crippen LogP contribution in [0.4, 0.5) is 0 Å². The normalized spacial score (nSPS) is 19.1. The Bertz CT molecular complexity index is 1290. The van der Waals surface area contributed by atoms with E-state index in [9.17, 15) is 24.3 Å².